The zero-order chi connectivity index (χ0) is 30.4. The van der Waals surface area contributed by atoms with Gasteiger partial charge in [-0.1, -0.05) is 160 Å². The van der Waals surface area contributed by atoms with Crippen molar-refractivity contribution in [3.63, 3.8) is 0 Å². The van der Waals surface area contributed by atoms with E-state index in [4.69, 9.17) is 9.47 Å². The molecule has 0 heterocycles. The van der Waals surface area contributed by atoms with Crippen LogP contribution in [0.4, 0.5) is 0 Å². The first-order valence-electron chi connectivity index (χ1n) is 17.9. The molecule has 0 saturated heterocycles. The second kappa shape index (κ2) is 32.7. The molecular weight excluding hydrogens is 558 g/mol. The van der Waals surface area contributed by atoms with Crippen LogP contribution in [0.15, 0.2) is 30.3 Å². The van der Waals surface area contributed by atoms with Crippen LogP contribution in [0.2, 0.25) is 0 Å². The number of unbranched alkanes of at least 4 members (excludes halogenated alkanes) is 18. The van der Waals surface area contributed by atoms with E-state index in [1.165, 1.54) is 121 Å². The molecule has 1 rings (SSSR count). The van der Waals surface area contributed by atoms with E-state index in [0.717, 1.165) is 19.4 Å². The number of hydrogen-bond donors (Lipinski definition) is 2. The fraction of sp³-hybridized carbons (Fsp3) is 0.838. The smallest absolute Gasteiger partial charge is 0.0932 e. The first-order valence-corrected chi connectivity index (χ1v) is 17.9. The molecule has 254 valence electrons. The normalized spacial score (nSPS) is 12.9. The predicted octanol–water partition coefficient (Wildman–Crippen LogP) is 9.51. The first-order chi connectivity index (χ1) is 20.7. The second-order valence-corrected chi connectivity index (χ2v) is 12.4. The molecule has 0 aliphatic carbocycles. The molecule has 0 spiro atoms. The Hall–Kier alpha value is -0.690. The van der Waals surface area contributed by atoms with Gasteiger partial charge in [0, 0.05) is 32.8 Å². The molecule has 1 aromatic carbocycles. The van der Waals surface area contributed by atoms with Crippen molar-refractivity contribution in [2.45, 2.75) is 161 Å². The summed E-state index contributed by atoms with van der Waals surface area (Å²) < 4.78 is 12.2. The summed E-state index contributed by atoms with van der Waals surface area (Å²) >= 11 is 0. The zero-order valence-electron chi connectivity index (χ0n) is 28.2. The lowest BCUT2D eigenvalue weighted by molar-refractivity contribution is -0.0401. The molecule has 0 aliphatic rings. The van der Waals surface area contributed by atoms with Crippen molar-refractivity contribution in [1.29, 1.82) is 0 Å². The van der Waals surface area contributed by atoms with Gasteiger partial charge in [0.1, 0.15) is 0 Å². The Morgan fingerprint density at radius 2 is 0.884 bits per heavy atom. The molecule has 5 nitrogen and oxygen atoms in total. The van der Waals surface area contributed by atoms with E-state index in [2.05, 4.69) is 43.0 Å². The number of nitrogens with zero attached hydrogens (tertiary/aromatic N) is 1. The van der Waals surface area contributed by atoms with Crippen molar-refractivity contribution in [3.05, 3.63) is 35.9 Å². The van der Waals surface area contributed by atoms with E-state index in [0.29, 0.717) is 26.3 Å². The zero-order valence-corrected chi connectivity index (χ0v) is 29.0. The monoisotopic (exact) mass is 627 g/mol. The molecule has 0 fully saturated rings. The van der Waals surface area contributed by atoms with Crippen molar-refractivity contribution in [2.75, 3.05) is 39.5 Å². The van der Waals surface area contributed by atoms with Gasteiger partial charge in [0.2, 0.25) is 0 Å². The van der Waals surface area contributed by atoms with Crippen molar-refractivity contribution < 1.29 is 19.7 Å². The van der Waals surface area contributed by atoms with Gasteiger partial charge in [-0.25, -0.2) is 0 Å². The highest BCUT2D eigenvalue weighted by Crippen LogP contribution is 2.14. The van der Waals surface area contributed by atoms with Crippen molar-refractivity contribution in [1.82, 2.24) is 4.90 Å². The SMILES string of the molecule is CCCCCCCCCCCCOC(CO)CN(Cc1ccccc1)CC(CO)OCCCCCCCCCCCC.Cl. The van der Waals surface area contributed by atoms with Gasteiger partial charge in [0.15, 0.2) is 0 Å². The quantitative estimate of drug-likeness (QED) is 0.0779. The summed E-state index contributed by atoms with van der Waals surface area (Å²) in [7, 11) is 0. The minimum Gasteiger partial charge on any atom is -0.394 e. The third-order valence-corrected chi connectivity index (χ3v) is 8.28. The number of hydrogen-bond acceptors (Lipinski definition) is 5. The number of aliphatic hydroxyl groups is 2. The fourth-order valence-electron chi connectivity index (χ4n) is 5.63. The van der Waals surface area contributed by atoms with Gasteiger partial charge < -0.3 is 19.7 Å². The Labute approximate surface area is 272 Å². The molecule has 0 saturated carbocycles. The highest BCUT2D eigenvalue weighted by Gasteiger charge is 2.19. The average molecular weight is 628 g/mol. The molecule has 2 atom stereocenters. The summed E-state index contributed by atoms with van der Waals surface area (Å²) in [6, 6.07) is 10.4. The Bertz CT molecular complexity index is 629. The third kappa shape index (κ3) is 26.3. The van der Waals surface area contributed by atoms with Gasteiger partial charge in [0.25, 0.3) is 0 Å². The Morgan fingerprint density at radius 3 is 1.23 bits per heavy atom. The maximum absolute atomic E-state index is 10.1. The molecule has 0 bridgehead atoms. The van der Waals surface area contributed by atoms with Gasteiger partial charge in [-0.2, -0.15) is 0 Å². The summed E-state index contributed by atoms with van der Waals surface area (Å²) in [5.41, 5.74) is 1.22. The maximum Gasteiger partial charge on any atom is 0.0932 e. The summed E-state index contributed by atoms with van der Waals surface area (Å²) in [5.74, 6) is 0. The molecular formula is C37H70ClNO4. The van der Waals surface area contributed by atoms with Crippen LogP contribution < -0.4 is 0 Å². The summed E-state index contributed by atoms with van der Waals surface area (Å²) in [5, 5.41) is 20.2. The minimum absolute atomic E-state index is 0. The van der Waals surface area contributed by atoms with Crippen LogP contribution in [-0.2, 0) is 16.0 Å². The number of benzene rings is 1. The van der Waals surface area contributed by atoms with Crippen LogP contribution in [0.25, 0.3) is 0 Å². The van der Waals surface area contributed by atoms with Crippen LogP contribution in [0, 0.1) is 0 Å². The number of aliphatic hydroxyl groups excluding tert-OH is 2. The first kappa shape index (κ1) is 42.3. The molecule has 0 aliphatic heterocycles. The standard InChI is InChI=1S/C37H69NO4.ClH/c1-3-5-7-9-11-13-15-17-19-24-28-41-36(33-39)31-38(30-35-26-22-21-23-27-35)32-37(34-40)42-29-25-20-18-16-14-12-10-8-6-4-2;/h21-23,26-27,36-37,39-40H,3-20,24-25,28-34H2,1-2H3;1H. The number of ether oxygens (including phenoxy) is 2. The highest BCUT2D eigenvalue weighted by molar-refractivity contribution is 5.85. The lowest BCUT2D eigenvalue weighted by Crippen LogP contribution is -2.42. The molecule has 1 aromatic rings. The molecule has 2 N–H and O–H groups in total. The van der Waals surface area contributed by atoms with E-state index in [-0.39, 0.29) is 37.8 Å². The maximum atomic E-state index is 10.1. The molecule has 0 amide bonds. The molecule has 2 unspecified atom stereocenters. The summed E-state index contributed by atoms with van der Waals surface area (Å²) in [6.45, 7) is 7.94. The Morgan fingerprint density at radius 1 is 0.535 bits per heavy atom. The largest absolute Gasteiger partial charge is 0.394 e. The highest BCUT2D eigenvalue weighted by atomic mass is 35.5. The van der Waals surface area contributed by atoms with E-state index in [1.807, 2.05) is 6.07 Å². The lowest BCUT2D eigenvalue weighted by Gasteiger charge is -2.30. The second-order valence-electron chi connectivity index (χ2n) is 12.4. The third-order valence-electron chi connectivity index (χ3n) is 8.28. The van der Waals surface area contributed by atoms with Crippen LogP contribution >= 0.6 is 12.4 Å². The van der Waals surface area contributed by atoms with E-state index >= 15 is 0 Å². The van der Waals surface area contributed by atoms with Crippen molar-refractivity contribution >= 4 is 12.4 Å². The van der Waals surface area contributed by atoms with Crippen LogP contribution in [0.5, 0.6) is 0 Å². The summed E-state index contributed by atoms with van der Waals surface area (Å²) in [6.07, 6.45) is 25.6. The lowest BCUT2D eigenvalue weighted by atomic mass is 10.1. The van der Waals surface area contributed by atoms with Crippen molar-refractivity contribution in [3.8, 4) is 0 Å². The van der Waals surface area contributed by atoms with E-state index in [9.17, 15) is 10.2 Å². The minimum atomic E-state index is -0.228. The average Bonchev–Trinajstić information content (AvgIpc) is 3.01. The van der Waals surface area contributed by atoms with Crippen LogP contribution in [0.3, 0.4) is 0 Å². The number of halogens is 1. The van der Waals surface area contributed by atoms with Gasteiger partial charge in [-0.3, -0.25) is 4.90 Å². The Kier molecular flexibility index (Phi) is 32.2. The fourth-order valence-corrected chi connectivity index (χ4v) is 5.63. The Balaban J connectivity index is 0.0000176. The van der Waals surface area contributed by atoms with Gasteiger partial charge in [0.05, 0.1) is 25.4 Å². The summed E-state index contributed by atoms with van der Waals surface area (Å²) in [4.78, 5) is 2.27. The molecule has 43 heavy (non-hydrogen) atoms. The van der Waals surface area contributed by atoms with Crippen molar-refractivity contribution in [2.24, 2.45) is 0 Å². The van der Waals surface area contributed by atoms with Crippen LogP contribution in [-0.4, -0.2) is 66.8 Å². The van der Waals surface area contributed by atoms with E-state index in [1.54, 1.807) is 0 Å². The molecule has 6 heteroatoms. The van der Waals surface area contributed by atoms with E-state index < -0.39 is 0 Å². The molecule has 0 aromatic heterocycles. The topological polar surface area (TPSA) is 62.2 Å². The van der Waals surface area contributed by atoms with Gasteiger partial charge in [-0.05, 0) is 18.4 Å². The number of rotatable bonds is 32. The molecule has 0 radical (unpaired) electrons. The van der Waals surface area contributed by atoms with Gasteiger partial charge >= 0.3 is 0 Å². The predicted molar refractivity (Wildman–Crippen MR) is 186 cm³/mol. The van der Waals surface area contributed by atoms with Crippen LogP contribution in [0.1, 0.15) is 148 Å². The van der Waals surface area contributed by atoms with Gasteiger partial charge in [-0.15, -0.1) is 12.4 Å².